The summed E-state index contributed by atoms with van der Waals surface area (Å²) in [4.78, 5) is 0. The van der Waals surface area contributed by atoms with Gasteiger partial charge in [-0.1, -0.05) is 37.6 Å². The van der Waals surface area contributed by atoms with Gasteiger partial charge in [-0.05, 0) is 49.1 Å². The Bertz CT molecular complexity index is 448. The minimum Gasteiger partial charge on any atom is -0.388 e. The number of hydrogen-bond acceptors (Lipinski definition) is 1. The second-order valence-electron chi connectivity index (χ2n) is 6.09. The minimum atomic E-state index is -4.09. The van der Waals surface area contributed by atoms with Gasteiger partial charge in [0.2, 0.25) is 0 Å². The van der Waals surface area contributed by atoms with Gasteiger partial charge in [0.1, 0.15) is 0 Å². The Morgan fingerprint density at radius 1 is 1.19 bits per heavy atom. The maximum absolute atomic E-state index is 12.7. The fourth-order valence-corrected chi connectivity index (χ4v) is 3.26. The van der Waals surface area contributed by atoms with Crippen LogP contribution >= 0.6 is 0 Å². The molecule has 0 aliphatic heterocycles. The van der Waals surface area contributed by atoms with E-state index in [9.17, 15) is 18.3 Å². The average molecular weight is 300 g/mol. The van der Waals surface area contributed by atoms with E-state index in [1.165, 1.54) is 5.56 Å². The van der Waals surface area contributed by atoms with Crippen molar-refractivity contribution in [3.63, 3.8) is 0 Å². The van der Waals surface area contributed by atoms with Crippen molar-refractivity contribution in [1.82, 2.24) is 0 Å². The molecular weight excluding hydrogens is 277 g/mol. The Labute approximate surface area is 124 Å². The first kappa shape index (κ1) is 16.3. The summed E-state index contributed by atoms with van der Waals surface area (Å²) < 4.78 is 38.0. The molecule has 0 aromatic heterocycles. The van der Waals surface area contributed by atoms with E-state index in [0.29, 0.717) is 12.8 Å². The maximum atomic E-state index is 12.7. The SMILES string of the molecule is CCCc1cccc(C(O)C2CCC(C(F)(F)F)CC2)c1. The summed E-state index contributed by atoms with van der Waals surface area (Å²) in [5.74, 6) is -1.24. The number of benzene rings is 1. The lowest BCUT2D eigenvalue weighted by Gasteiger charge is -2.32. The van der Waals surface area contributed by atoms with Gasteiger partial charge in [0.15, 0.2) is 0 Å². The normalized spacial score (nSPS) is 24.8. The van der Waals surface area contributed by atoms with Crippen molar-refractivity contribution in [2.24, 2.45) is 11.8 Å². The van der Waals surface area contributed by atoms with E-state index in [-0.39, 0.29) is 18.8 Å². The van der Waals surface area contributed by atoms with Crippen LogP contribution in [0.25, 0.3) is 0 Å². The summed E-state index contributed by atoms with van der Waals surface area (Å²) >= 11 is 0. The summed E-state index contributed by atoms with van der Waals surface area (Å²) in [7, 11) is 0. The van der Waals surface area contributed by atoms with E-state index in [4.69, 9.17) is 0 Å². The predicted octanol–water partition coefficient (Wildman–Crippen LogP) is 5.04. The Morgan fingerprint density at radius 3 is 2.43 bits per heavy atom. The fraction of sp³-hybridized carbons (Fsp3) is 0.647. The first-order valence-corrected chi connectivity index (χ1v) is 7.75. The van der Waals surface area contributed by atoms with Gasteiger partial charge < -0.3 is 5.11 Å². The molecule has 0 radical (unpaired) electrons. The van der Waals surface area contributed by atoms with Crippen molar-refractivity contribution in [2.75, 3.05) is 0 Å². The number of aliphatic hydroxyl groups excluding tert-OH is 1. The predicted molar refractivity (Wildman–Crippen MR) is 76.9 cm³/mol. The number of alkyl halides is 3. The first-order chi connectivity index (χ1) is 9.91. The number of aryl methyl sites for hydroxylation is 1. The van der Waals surface area contributed by atoms with Crippen LogP contribution < -0.4 is 0 Å². The highest BCUT2D eigenvalue weighted by molar-refractivity contribution is 5.25. The van der Waals surface area contributed by atoms with E-state index in [1.807, 2.05) is 24.3 Å². The van der Waals surface area contributed by atoms with Crippen LogP contribution in [-0.4, -0.2) is 11.3 Å². The standard InChI is InChI=1S/C17H23F3O/c1-2-4-12-5-3-6-14(11-12)16(21)13-7-9-15(10-8-13)17(18,19)20/h3,5-6,11,13,15-16,21H,2,4,7-10H2,1H3. The van der Waals surface area contributed by atoms with E-state index in [1.54, 1.807) is 0 Å². The summed E-state index contributed by atoms with van der Waals surface area (Å²) in [6.07, 6.45) is -1.56. The smallest absolute Gasteiger partial charge is 0.388 e. The Morgan fingerprint density at radius 2 is 1.86 bits per heavy atom. The van der Waals surface area contributed by atoms with Gasteiger partial charge in [0.25, 0.3) is 0 Å². The Hall–Kier alpha value is -1.03. The molecule has 1 N–H and O–H groups in total. The van der Waals surface area contributed by atoms with Gasteiger partial charge >= 0.3 is 6.18 Å². The van der Waals surface area contributed by atoms with Crippen LogP contribution in [0.1, 0.15) is 56.3 Å². The molecule has 118 valence electrons. The molecule has 1 aromatic carbocycles. The molecule has 1 atom stereocenters. The van der Waals surface area contributed by atoms with Gasteiger partial charge in [-0.3, -0.25) is 0 Å². The molecule has 0 bridgehead atoms. The van der Waals surface area contributed by atoms with Crippen molar-refractivity contribution in [3.8, 4) is 0 Å². The molecule has 21 heavy (non-hydrogen) atoms. The van der Waals surface area contributed by atoms with E-state index >= 15 is 0 Å². The highest BCUT2D eigenvalue weighted by Crippen LogP contribution is 2.43. The molecule has 0 saturated heterocycles. The largest absolute Gasteiger partial charge is 0.391 e. The fourth-order valence-electron chi connectivity index (χ4n) is 3.26. The molecule has 1 nitrogen and oxygen atoms in total. The van der Waals surface area contributed by atoms with E-state index < -0.39 is 18.2 Å². The van der Waals surface area contributed by atoms with Crippen LogP contribution in [0.15, 0.2) is 24.3 Å². The Balaban J connectivity index is 1.98. The molecule has 1 aliphatic rings. The molecule has 4 heteroatoms. The molecular formula is C17H23F3O. The number of aliphatic hydroxyl groups is 1. The van der Waals surface area contributed by atoms with Crippen LogP contribution in [0.5, 0.6) is 0 Å². The molecule has 0 heterocycles. The van der Waals surface area contributed by atoms with Crippen molar-refractivity contribution in [3.05, 3.63) is 35.4 Å². The van der Waals surface area contributed by atoms with Crippen molar-refractivity contribution < 1.29 is 18.3 Å². The molecule has 2 rings (SSSR count). The van der Waals surface area contributed by atoms with Crippen LogP contribution in [0.2, 0.25) is 0 Å². The van der Waals surface area contributed by atoms with Crippen LogP contribution in [0.4, 0.5) is 13.2 Å². The zero-order chi connectivity index (χ0) is 15.5. The lowest BCUT2D eigenvalue weighted by molar-refractivity contribution is -0.185. The van der Waals surface area contributed by atoms with Gasteiger partial charge in [-0.25, -0.2) is 0 Å². The molecule has 0 spiro atoms. The number of halogens is 3. The molecule has 1 fully saturated rings. The topological polar surface area (TPSA) is 20.2 Å². The molecule has 0 amide bonds. The Kier molecular flexibility index (Phi) is 5.31. The number of rotatable bonds is 4. The van der Waals surface area contributed by atoms with Crippen molar-refractivity contribution >= 4 is 0 Å². The molecule has 1 unspecified atom stereocenters. The average Bonchev–Trinajstić information content (AvgIpc) is 2.46. The lowest BCUT2D eigenvalue weighted by atomic mass is 9.77. The zero-order valence-electron chi connectivity index (χ0n) is 12.4. The zero-order valence-corrected chi connectivity index (χ0v) is 12.4. The second kappa shape index (κ2) is 6.82. The van der Waals surface area contributed by atoms with Crippen LogP contribution in [0, 0.1) is 11.8 Å². The van der Waals surface area contributed by atoms with Gasteiger partial charge in [-0.15, -0.1) is 0 Å². The summed E-state index contributed by atoms with van der Waals surface area (Å²) in [5.41, 5.74) is 2.02. The van der Waals surface area contributed by atoms with Crippen molar-refractivity contribution in [2.45, 2.75) is 57.7 Å². The molecule has 1 aromatic rings. The van der Waals surface area contributed by atoms with Gasteiger partial charge in [0, 0.05) is 0 Å². The first-order valence-electron chi connectivity index (χ1n) is 7.75. The molecule has 1 saturated carbocycles. The third-order valence-electron chi connectivity index (χ3n) is 4.51. The maximum Gasteiger partial charge on any atom is 0.391 e. The summed E-state index contributed by atoms with van der Waals surface area (Å²) in [6.45, 7) is 2.10. The highest BCUT2D eigenvalue weighted by atomic mass is 19.4. The number of hydrogen-bond donors (Lipinski definition) is 1. The van der Waals surface area contributed by atoms with E-state index in [0.717, 1.165) is 18.4 Å². The van der Waals surface area contributed by atoms with Gasteiger partial charge in [0.05, 0.1) is 12.0 Å². The third-order valence-corrected chi connectivity index (χ3v) is 4.51. The monoisotopic (exact) mass is 300 g/mol. The van der Waals surface area contributed by atoms with Crippen molar-refractivity contribution in [1.29, 1.82) is 0 Å². The third kappa shape index (κ3) is 4.22. The van der Waals surface area contributed by atoms with E-state index in [2.05, 4.69) is 6.92 Å². The molecule has 1 aliphatic carbocycles. The minimum absolute atomic E-state index is 0.0551. The van der Waals surface area contributed by atoms with Crippen LogP contribution in [0.3, 0.4) is 0 Å². The summed E-state index contributed by atoms with van der Waals surface area (Å²) in [6, 6.07) is 7.81. The summed E-state index contributed by atoms with van der Waals surface area (Å²) in [5, 5.41) is 10.4. The lowest BCUT2D eigenvalue weighted by Crippen LogP contribution is -2.29. The van der Waals surface area contributed by atoms with Crippen LogP contribution in [-0.2, 0) is 6.42 Å². The quantitative estimate of drug-likeness (QED) is 0.825. The second-order valence-corrected chi connectivity index (χ2v) is 6.09. The highest BCUT2D eigenvalue weighted by Gasteiger charge is 2.42. The van der Waals surface area contributed by atoms with Gasteiger partial charge in [-0.2, -0.15) is 13.2 Å².